The van der Waals surface area contributed by atoms with E-state index in [0.717, 1.165) is 31.5 Å². The van der Waals surface area contributed by atoms with Crippen LogP contribution in [0, 0.1) is 11.3 Å². The molecule has 0 radical (unpaired) electrons. The lowest BCUT2D eigenvalue weighted by Gasteiger charge is -2.41. The summed E-state index contributed by atoms with van der Waals surface area (Å²) in [4.78, 5) is 7.25. The predicted molar refractivity (Wildman–Crippen MR) is 82.5 cm³/mol. The van der Waals surface area contributed by atoms with E-state index in [9.17, 15) is 0 Å². The van der Waals surface area contributed by atoms with Crippen LogP contribution in [0.25, 0.3) is 0 Å². The summed E-state index contributed by atoms with van der Waals surface area (Å²) >= 11 is 0. The van der Waals surface area contributed by atoms with Crippen molar-refractivity contribution in [2.45, 2.75) is 58.8 Å². The van der Waals surface area contributed by atoms with E-state index in [-0.39, 0.29) is 0 Å². The van der Waals surface area contributed by atoms with Gasteiger partial charge in [0.2, 0.25) is 0 Å². The Morgan fingerprint density at radius 3 is 2.53 bits per heavy atom. The highest BCUT2D eigenvalue weighted by atomic mass is 15.3. The fourth-order valence-electron chi connectivity index (χ4n) is 3.23. The van der Waals surface area contributed by atoms with Gasteiger partial charge in [-0.05, 0) is 50.4 Å². The molecule has 110 valence electrons. The minimum absolute atomic E-state index is 0.590. The van der Waals surface area contributed by atoms with Crippen LogP contribution in [0.3, 0.4) is 0 Å². The molecule has 0 aromatic carbocycles. The summed E-state index contributed by atoms with van der Waals surface area (Å²) in [6, 6.07) is 0. The van der Waals surface area contributed by atoms with Crippen molar-refractivity contribution in [3.05, 3.63) is 0 Å². The first-order valence-corrected chi connectivity index (χ1v) is 8.21. The van der Waals surface area contributed by atoms with Gasteiger partial charge in [0.15, 0.2) is 5.96 Å². The fourth-order valence-corrected chi connectivity index (χ4v) is 3.23. The molecule has 19 heavy (non-hydrogen) atoms. The van der Waals surface area contributed by atoms with Gasteiger partial charge in [-0.25, -0.2) is 0 Å². The zero-order valence-electron chi connectivity index (χ0n) is 13.0. The largest absolute Gasteiger partial charge is 0.357 e. The van der Waals surface area contributed by atoms with Crippen LogP contribution in [-0.2, 0) is 0 Å². The van der Waals surface area contributed by atoms with Crippen LogP contribution in [0.5, 0.6) is 0 Å². The average molecular weight is 265 g/mol. The number of hydrogen-bond acceptors (Lipinski definition) is 1. The van der Waals surface area contributed by atoms with Crippen molar-refractivity contribution < 1.29 is 0 Å². The van der Waals surface area contributed by atoms with E-state index in [2.05, 4.69) is 31.1 Å². The van der Waals surface area contributed by atoms with Crippen molar-refractivity contribution in [3.63, 3.8) is 0 Å². The summed E-state index contributed by atoms with van der Waals surface area (Å²) in [7, 11) is 2.17. The van der Waals surface area contributed by atoms with E-state index in [1.54, 1.807) is 0 Å². The van der Waals surface area contributed by atoms with E-state index in [1.807, 2.05) is 0 Å². The Labute approximate surface area is 118 Å². The predicted octanol–water partition coefficient (Wildman–Crippen LogP) is 3.26. The van der Waals surface area contributed by atoms with Gasteiger partial charge >= 0.3 is 0 Å². The third kappa shape index (κ3) is 3.64. The maximum atomic E-state index is 4.95. The smallest absolute Gasteiger partial charge is 0.193 e. The molecule has 0 aliphatic heterocycles. The van der Waals surface area contributed by atoms with Crippen molar-refractivity contribution >= 4 is 5.96 Å². The van der Waals surface area contributed by atoms with Gasteiger partial charge in [0.25, 0.3) is 0 Å². The van der Waals surface area contributed by atoms with E-state index < -0.39 is 0 Å². The lowest BCUT2D eigenvalue weighted by Crippen LogP contribution is -2.42. The topological polar surface area (TPSA) is 27.6 Å². The van der Waals surface area contributed by atoms with Crippen LogP contribution in [0.4, 0.5) is 0 Å². The standard InChI is InChI=1S/C16H31N3/c1-4-6-12-19(3)15(17-5-2)18-13-16(10-7-11-16)14-8-9-14/h14H,4-13H2,1-3H3,(H,17,18). The van der Waals surface area contributed by atoms with Crippen LogP contribution >= 0.6 is 0 Å². The molecule has 0 spiro atoms. The van der Waals surface area contributed by atoms with Gasteiger partial charge in [-0.3, -0.25) is 4.99 Å². The number of nitrogens with one attached hydrogen (secondary N) is 1. The summed E-state index contributed by atoms with van der Waals surface area (Å²) < 4.78 is 0. The number of rotatable bonds is 7. The Bertz CT molecular complexity index is 303. The zero-order valence-corrected chi connectivity index (χ0v) is 13.0. The van der Waals surface area contributed by atoms with Crippen molar-refractivity contribution in [1.82, 2.24) is 10.2 Å². The second-order valence-corrected chi connectivity index (χ2v) is 6.44. The highest BCUT2D eigenvalue weighted by Crippen LogP contribution is 2.57. The minimum atomic E-state index is 0.590. The van der Waals surface area contributed by atoms with Gasteiger partial charge in [-0.1, -0.05) is 19.8 Å². The van der Waals surface area contributed by atoms with Gasteiger partial charge in [-0.2, -0.15) is 0 Å². The summed E-state index contributed by atoms with van der Waals surface area (Å²) in [6.07, 6.45) is 9.66. The number of nitrogens with zero attached hydrogens (tertiary/aromatic N) is 2. The van der Waals surface area contributed by atoms with Crippen molar-refractivity contribution in [2.75, 3.05) is 26.7 Å². The first kappa shape index (κ1) is 14.7. The summed E-state index contributed by atoms with van der Waals surface area (Å²) in [5, 5.41) is 3.45. The van der Waals surface area contributed by atoms with Crippen LogP contribution in [0.2, 0.25) is 0 Å². The molecule has 0 atom stereocenters. The Morgan fingerprint density at radius 1 is 1.32 bits per heavy atom. The third-order valence-electron chi connectivity index (χ3n) is 4.88. The zero-order chi connectivity index (χ0) is 13.7. The molecule has 0 aromatic heterocycles. The molecule has 0 saturated heterocycles. The molecular weight excluding hydrogens is 234 g/mol. The van der Waals surface area contributed by atoms with Crippen LogP contribution < -0.4 is 5.32 Å². The molecule has 2 aliphatic carbocycles. The second-order valence-electron chi connectivity index (χ2n) is 6.44. The van der Waals surface area contributed by atoms with E-state index >= 15 is 0 Å². The summed E-state index contributed by atoms with van der Waals surface area (Å²) in [6.45, 7) is 7.53. The normalized spacial score (nSPS) is 21.9. The fraction of sp³-hybridized carbons (Fsp3) is 0.938. The van der Waals surface area contributed by atoms with Gasteiger partial charge in [0.1, 0.15) is 0 Å². The average Bonchev–Trinajstić information content (AvgIpc) is 3.18. The molecule has 0 bridgehead atoms. The second kappa shape index (κ2) is 6.62. The highest BCUT2D eigenvalue weighted by molar-refractivity contribution is 5.79. The van der Waals surface area contributed by atoms with Crippen molar-refractivity contribution in [1.29, 1.82) is 0 Å². The van der Waals surface area contributed by atoms with Gasteiger partial charge in [0.05, 0.1) is 0 Å². The molecule has 0 aromatic rings. The number of hydrogen-bond donors (Lipinski definition) is 1. The lowest BCUT2D eigenvalue weighted by molar-refractivity contribution is 0.113. The first-order chi connectivity index (χ1) is 9.22. The minimum Gasteiger partial charge on any atom is -0.357 e. The Morgan fingerprint density at radius 2 is 2.05 bits per heavy atom. The molecule has 0 unspecified atom stereocenters. The SMILES string of the molecule is CCCCN(C)C(=NCC1(C2CC2)CCC1)NCC. The molecular formula is C16H31N3. The maximum absolute atomic E-state index is 4.95. The molecule has 2 saturated carbocycles. The monoisotopic (exact) mass is 265 g/mol. The maximum Gasteiger partial charge on any atom is 0.193 e. The van der Waals surface area contributed by atoms with Gasteiger partial charge in [0, 0.05) is 26.7 Å². The number of guanidine groups is 1. The Hall–Kier alpha value is -0.730. The quantitative estimate of drug-likeness (QED) is 0.565. The summed E-state index contributed by atoms with van der Waals surface area (Å²) in [5.74, 6) is 2.11. The number of aliphatic imine (C=N–C) groups is 1. The molecule has 3 nitrogen and oxygen atoms in total. The molecule has 0 amide bonds. The van der Waals surface area contributed by atoms with E-state index in [4.69, 9.17) is 4.99 Å². The number of unbranched alkanes of at least 4 members (excludes halogenated alkanes) is 1. The molecule has 2 aliphatic rings. The lowest BCUT2D eigenvalue weighted by atomic mass is 9.65. The molecule has 2 fully saturated rings. The van der Waals surface area contributed by atoms with Crippen LogP contribution in [0.1, 0.15) is 58.8 Å². The van der Waals surface area contributed by atoms with Crippen LogP contribution in [-0.4, -0.2) is 37.5 Å². The molecule has 1 N–H and O–H groups in total. The Balaban J connectivity index is 1.91. The summed E-state index contributed by atoms with van der Waals surface area (Å²) in [5.41, 5.74) is 0.590. The highest BCUT2D eigenvalue weighted by Gasteiger charge is 2.48. The van der Waals surface area contributed by atoms with E-state index in [1.165, 1.54) is 44.9 Å². The Kier molecular flexibility index (Phi) is 5.12. The van der Waals surface area contributed by atoms with Crippen LogP contribution in [0.15, 0.2) is 4.99 Å². The first-order valence-electron chi connectivity index (χ1n) is 8.21. The molecule has 3 heteroatoms. The van der Waals surface area contributed by atoms with Gasteiger partial charge < -0.3 is 10.2 Å². The molecule has 0 heterocycles. The van der Waals surface area contributed by atoms with E-state index in [0.29, 0.717) is 5.41 Å². The van der Waals surface area contributed by atoms with Crippen molar-refractivity contribution in [2.24, 2.45) is 16.3 Å². The van der Waals surface area contributed by atoms with Gasteiger partial charge in [-0.15, -0.1) is 0 Å². The van der Waals surface area contributed by atoms with Crippen molar-refractivity contribution in [3.8, 4) is 0 Å². The molecule has 2 rings (SSSR count). The third-order valence-corrected chi connectivity index (χ3v) is 4.88.